The second-order valence-corrected chi connectivity index (χ2v) is 4.27. The Balaban J connectivity index is 2.30. The molecule has 0 unspecified atom stereocenters. The van der Waals surface area contributed by atoms with Crippen molar-refractivity contribution in [2.45, 2.75) is 0 Å². The summed E-state index contributed by atoms with van der Waals surface area (Å²) in [6.07, 6.45) is 0. The predicted octanol–water partition coefficient (Wildman–Crippen LogP) is 3.50. The number of hydrogen-bond donors (Lipinski definition) is 3. The van der Waals surface area contributed by atoms with Gasteiger partial charge in [0.2, 0.25) is 0 Å². The molecule has 0 aliphatic rings. The molecule has 0 saturated carbocycles. The minimum absolute atomic E-state index is 0.00166. The lowest BCUT2D eigenvalue weighted by Gasteiger charge is -2.09. The summed E-state index contributed by atoms with van der Waals surface area (Å²) in [5, 5.41) is 11.9. The van der Waals surface area contributed by atoms with Crippen LogP contribution < -0.4 is 11.1 Å². The molecule has 0 fully saturated rings. The number of anilines is 3. The van der Waals surface area contributed by atoms with Crippen LogP contribution in [-0.2, 0) is 0 Å². The lowest BCUT2D eigenvalue weighted by atomic mass is 10.1. The van der Waals surface area contributed by atoms with Gasteiger partial charge in [0.1, 0.15) is 5.82 Å². The molecule has 4 N–H and O–H groups in total. The molecular formula is C13H10ClFN2O2. The first kappa shape index (κ1) is 13.2. The van der Waals surface area contributed by atoms with Crippen molar-refractivity contribution in [3.63, 3.8) is 0 Å². The van der Waals surface area contributed by atoms with Crippen molar-refractivity contribution in [2.75, 3.05) is 11.1 Å². The number of nitrogen functional groups attached to an aromatic ring is 1. The van der Waals surface area contributed by atoms with Crippen LogP contribution in [0.5, 0.6) is 0 Å². The van der Waals surface area contributed by atoms with E-state index < -0.39 is 11.8 Å². The third-order valence-corrected chi connectivity index (χ3v) is 2.78. The lowest BCUT2D eigenvalue weighted by Crippen LogP contribution is -2.03. The molecule has 2 aromatic rings. The van der Waals surface area contributed by atoms with Gasteiger partial charge < -0.3 is 16.2 Å². The van der Waals surface area contributed by atoms with Crippen LogP contribution in [0.1, 0.15) is 10.4 Å². The first-order valence-corrected chi connectivity index (χ1v) is 5.70. The maximum atomic E-state index is 13.0. The normalized spacial score (nSPS) is 10.2. The van der Waals surface area contributed by atoms with Gasteiger partial charge in [0.25, 0.3) is 0 Å². The number of rotatable bonds is 3. The summed E-state index contributed by atoms with van der Waals surface area (Å²) in [4.78, 5) is 10.9. The van der Waals surface area contributed by atoms with Crippen LogP contribution in [0.4, 0.5) is 21.5 Å². The Morgan fingerprint density at radius 3 is 2.47 bits per heavy atom. The van der Waals surface area contributed by atoms with Gasteiger partial charge >= 0.3 is 5.97 Å². The second kappa shape index (κ2) is 5.16. The van der Waals surface area contributed by atoms with Gasteiger partial charge in [-0.2, -0.15) is 0 Å². The molecule has 0 radical (unpaired) electrons. The van der Waals surface area contributed by atoms with Crippen molar-refractivity contribution in [2.24, 2.45) is 0 Å². The fraction of sp³-hybridized carbons (Fsp3) is 0. The van der Waals surface area contributed by atoms with Crippen LogP contribution in [0.25, 0.3) is 0 Å². The lowest BCUT2D eigenvalue weighted by molar-refractivity contribution is 0.0698. The van der Waals surface area contributed by atoms with Crippen molar-refractivity contribution in [1.82, 2.24) is 0 Å². The fourth-order valence-electron chi connectivity index (χ4n) is 1.56. The van der Waals surface area contributed by atoms with E-state index in [0.717, 1.165) is 0 Å². The molecule has 0 bridgehead atoms. The van der Waals surface area contributed by atoms with E-state index in [1.165, 1.54) is 30.3 Å². The smallest absolute Gasteiger partial charge is 0.337 e. The van der Waals surface area contributed by atoms with Gasteiger partial charge in [-0.05, 0) is 36.4 Å². The summed E-state index contributed by atoms with van der Waals surface area (Å²) >= 11 is 5.66. The molecule has 0 atom stereocenters. The Bertz CT molecular complexity index is 647. The molecule has 98 valence electrons. The summed E-state index contributed by atoms with van der Waals surface area (Å²) in [7, 11) is 0. The van der Waals surface area contributed by atoms with Crippen molar-refractivity contribution < 1.29 is 14.3 Å². The average molecular weight is 281 g/mol. The number of benzene rings is 2. The minimum atomic E-state index is -1.11. The monoisotopic (exact) mass is 280 g/mol. The van der Waals surface area contributed by atoms with Crippen LogP contribution in [0, 0.1) is 5.82 Å². The maximum Gasteiger partial charge on any atom is 0.337 e. The average Bonchev–Trinajstić information content (AvgIpc) is 2.36. The molecule has 2 rings (SSSR count). The van der Waals surface area contributed by atoms with E-state index in [9.17, 15) is 9.18 Å². The Hall–Kier alpha value is -2.27. The Labute approximate surface area is 113 Å². The second-order valence-electron chi connectivity index (χ2n) is 3.86. The van der Waals surface area contributed by atoms with Crippen LogP contribution in [0.3, 0.4) is 0 Å². The topological polar surface area (TPSA) is 75.3 Å². The van der Waals surface area contributed by atoms with Crippen molar-refractivity contribution >= 4 is 34.6 Å². The summed E-state index contributed by atoms with van der Waals surface area (Å²) < 4.78 is 13.0. The quantitative estimate of drug-likeness (QED) is 0.752. The highest BCUT2D eigenvalue weighted by Gasteiger charge is 2.09. The number of halogens is 2. The van der Waals surface area contributed by atoms with Gasteiger partial charge in [0.05, 0.1) is 10.6 Å². The molecular weight excluding hydrogens is 271 g/mol. The Kier molecular flexibility index (Phi) is 3.57. The van der Waals surface area contributed by atoms with Gasteiger partial charge in [-0.15, -0.1) is 0 Å². The molecule has 0 aliphatic carbocycles. The molecule has 0 spiro atoms. The van der Waals surface area contributed by atoms with E-state index >= 15 is 0 Å². The van der Waals surface area contributed by atoms with Gasteiger partial charge in [-0.3, -0.25) is 0 Å². The molecule has 0 heterocycles. The van der Waals surface area contributed by atoms with Crippen molar-refractivity contribution in [1.29, 1.82) is 0 Å². The van der Waals surface area contributed by atoms with Crippen LogP contribution >= 0.6 is 11.6 Å². The van der Waals surface area contributed by atoms with Gasteiger partial charge in [0.15, 0.2) is 0 Å². The van der Waals surface area contributed by atoms with Crippen LogP contribution in [0.2, 0.25) is 5.02 Å². The molecule has 2 aromatic carbocycles. The van der Waals surface area contributed by atoms with Crippen molar-refractivity contribution in [3.05, 3.63) is 52.8 Å². The van der Waals surface area contributed by atoms with Gasteiger partial charge in [0, 0.05) is 17.1 Å². The summed E-state index contributed by atoms with van der Waals surface area (Å²) in [5.41, 5.74) is 6.79. The first-order chi connectivity index (χ1) is 8.97. The van der Waals surface area contributed by atoms with E-state index in [0.29, 0.717) is 11.4 Å². The number of carboxylic acid groups (broad SMARTS) is 1. The van der Waals surface area contributed by atoms with E-state index in [4.69, 9.17) is 22.4 Å². The van der Waals surface area contributed by atoms with Gasteiger partial charge in [-0.25, -0.2) is 9.18 Å². The summed E-state index contributed by atoms with van der Waals surface area (Å²) in [6, 6.07) is 8.64. The first-order valence-electron chi connectivity index (χ1n) is 5.32. The molecule has 0 saturated heterocycles. The van der Waals surface area contributed by atoms with E-state index in [2.05, 4.69) is 5.32 Å². The standard InChI is InChI=1S/C13H10ClFN2O2/c14-10-6-8(1-3-11(10)15)17-7-2-4-12(16)9(5-7)13(18)19/h1-6,17H,16H2,(H,18,19). The predicted molar refractivity (Wildman–Crippen MR) is 72.5 cm³/mol. The zero-order valence-corrected chi connectivity index (χ0v) is 10.4. The SMILES string of the molecule is Nc1ccc(Nc2ccc(F)c(Cl)c2)cc1C(=O)O. The molecule has 0 aromatic heterocycles. The largest absolute Gasteiger partial charge is 0.478 e. The van der Waals surface area contributed by atoms with Gasteiger partial charge in [-0.1, -0.05) is 11.6 Å². The molecule has 6 heteroatoms. The molecule has 4 nitrogen and oxygen atoms in total. The highest BCUT2D eigenvalue weighted by atomic mass is 35.5. The zero-order chi connectivity index (χ0) is 14.0. The number of carboxylic acids is 1. The van der Waals surface area contributed by atoms with Crippen molar-refractivity contribution in [3.8, 4) is 0 Å². The van der Waals surface area contributed by atoms with E-state index in [-0.39, 0.29) is 16.3 Å². The molecule has 0 amide bonds. The highest BCUT2D eigenvalue weighted by molar-refractivity contribution is 6.31. The number of nitrogens with one attached hydrogen (secondary N) is 1. The minimum Gasteiger partial charge on any atom is -0.478 e. The molecule has 19 heavy (non-hydrogen) atoms. The number of nitrogens with two attached hydrogens (primary N) is 1. The Morgan fingerprint density at radius 2 is 1.84 bits per heavy atom. The van der Waals surface area contributed by atoms with E-state index in [1.54, 1.807) is 6.07 Å². The Morgan fingerprint density at radius 1 is 1.21 bits per heavy atom. The zero-order valence-electron chi connectivity index (χ0n) is 9.65. The highest BCUT2D eigenvalue weighted by Crippen LogP contribution is 2.24. The number of aromatic carboxylic acids is 1. The maximum absolute atomic E-state index is 13.0. The molecule has 0 aliphatic heterocycles. The number of hydrogen-bond acceptors (Lipinski definition) is 3. The van der Waals surface area contributed by atoms with Crippen LogP contribution in [0.15, 0.2) is 36.4 Å². The van der Waals surface area contributed by atoms with Crippen LogP contribution in [-0.4, -0.2) is 11.1 Å². The summed E-state index contributed by atoms with van der Waals surface area (Å²) in [6.45, 7) is 0. The fourth-order valence-corrected chi connectivity index (χ4v) is 1.74. The third kappa shape index (κ3) is 2.95. The third-order valence-electron chi connectivity index (χ3n) is 2.49. The summed E-state index contributed by atoms with van der Waals surface area (Å²) in [5.74, 6) is -1.63. The van der Waals surface area contributed by atoms with E-state index in [1.807, 2.05) is 0 Å². The number of carbonyl (C=O) groups is 1.